The van der Waals surface area contributed by atoms with Crippen LogP contribution in [-0.2, 0) is 11.3 Å². The van der Waals surface area contributed by atoms with E-state index in [1.165, 1.54) is 5.56 Å². The average Bonchev–Trinajstić information content (AvgIpc) is 2.54. The molecule has 1 aromatic carbocycles. The van der Waals surface area contributed by atoms with Gasteiger partial charge in [0.2, 0.25) is 0 Å². The number of hydrogen-bond acceptors (Lipinski definition) is 4. The lowest BCUT2D eigenvalue weighted by molar-refractivity contribution is 0.0170. The van der Waals surface area contributed by atoms with Crippen LogP contribution in [0.15, 0.2) is 24.3 Å². The SMILES string of the molecule is C#CCOC[C@H](O)CN(Cc1ccc(OC)cc1)[C@@H](C)CC. The number of benzene rings is 1. The Labute approximate surface area is 134 Å². The van der Waals surface area contributed by atoms with Crippen molar-refractivity contribution in [2.24, 2.45) is 0 Å². The minimum absolute atomic E-state index is 0.235. The van der Waals surface area contributed by atoms with E-state index in [0.717, 1.165) is 18.7 Å². The lowest BCUT2D eigenvalue weighted by atomic mass is 10.1. The molecule has 122 valence electrons. The van der Waals surface area contributed by atoms with Crippen molar-refractivity contribution in [3.05, 3.63) is 29.8 Å². The maximum Gasteiger partial charge on any atom is 0.118 e. The summed E-state index contributed by atoms with van der Waals surface area (Å²) in [7, 11) is 1.66. The second kappa shape index (κ2) is 10.2. The number of ether oxygens (including phenoxy) is 2. The minimum atomic E-state index is -0.541. The van der Waals surface area contributed by atoms with Crippen molar-refractivity contribution in [3.8, 4) is 18.1 Å². The molecule has 1 aromatic rings. The predicted molar refractivity (Wildman–Crippen MR) is 88.8 cm³/mol. The zero-order chi connectivity index (χ0) is 16.4. The third-order valence-electron chi connectivity index (χ3n) is 3.70. The third kappa shape index (κ3) is 6.48. The molecule has 0 fully saturated rings. The highest BCUT2D eigenvalue weighted by Gasteiger charge is 2.17. The Bertz CT molecular complexity index is 452. The van der Waals surface area contributed by atoms with Crippen molar-refractivity contribution in [2.75, 3.05) is 26.9 Å². The molecular weight excluding hydrogens is 278 g/mol. The molecule has 4 nitrogen and oxygen atoms in total. The van der Waals surface area contributed by atoms with Crippen molar-refractivity contribution >= 4 is 0 Å². The first kappa shape index (κ1) is 18.5. The van der Waals surface area contributed by atoms with Crippen LogP contribution in [-0.4, -0.2) is 49.0 Å². The smallest absolute Gasteiger partial charge is 0.118 e. The van der Waals surface area contributed by atoms with Gasteiger partial charge in [-0.25, -0.2) is 0 Å². The Morgan fingerprint density at radius 3 is 2.55 bits per heavy atom. The Balaban J connectivity index is 2.61. The Morgan fingerprint density at radius 1 is 1.32 bits per heavy atom. The highest BCUT2D eigenvalue weighted by molar-refractivity contribution is 5.27. The summed E-state index contributed by atoms with van der Waals surface area (Å²) in [5.41, 5.74) is 1.19. The molecule has 0 bridgehead atoms. The lowest BCUT2D eigenvalue weighted by Crippen LogP contribution is -2.39. The van der Waals surface area contributed by atoms with Crippen LogP contribution in [0, 0.1) is 12.3 Å². The van der Waals surface area contributed by atoms with Crippen LogP contribution in [0.2, 0.25) is 0 Å². The van der Waals surface area contributed by atoms with Gasteiger partial charge < -0.3 is 14.6 Å². The van der Waals surface area contributed by atoms with E-state index in [2.05, 4.69) is 36.8 Å². The molecule has 0 amide bonds. The van der Waals surface area contributed by atoms with Crippen LogP contribution < -0.4 is 4.74 Å². The predicted octanol–water partition coefficient (Wildman–Crippen LogP) is 2.31. The molecule has 2 atom stereocenters. The maximum atomic E-state index is 10.1. The molecule has 0 saturated heterocycles. The second-order valence-corrected chi connectivity index (χ2v) is 5.41. The molecule has 0 spiro atoms. The van der Waals surface area contributed by atoms with Crippen molar-refractivity contribution in [1.82, 2.24) is 4.90 Å². The Morgan fingerprint density at radius 2 is 2.00 bits per heavy atom. The summed E-state index contributed by atoms with van der Waals surface area (Å²) in [6, 6.07) is 8.39. The number of hydrogen-bond donors (Lipinski definition) is 1. The molecule has 0 heterocycles. The van der Waals surface area contributed by atoms with E-state index in [1.54, 1.807) is 7.11 Å². The maximum absolute atomic E-state index is 10.1. The summed E-state index contributed by atoms with van der Waals surface area (Å²) in [4.78, 5) is 2.26. The molecule has 0 aliphatic rings. The number of terminal acetylenes is 1. The average molecular weight is 305 g/mol. The molecule has 1 N–H and O–H groups in total. The monoisotopic (exact) mass is 305 g/mol. The Hall–Kier alpha value is -1.54. The van der Waals surface area contributed by atoms with Crippen molar-refractivity contribution in [3.63, 3.8) is 0 Å². The van der Waals surface area contributed by atoms with E-state index in [-0.39, 0.29) is 13.2 Å². The molecule has 22 heavy (non-hydrogen) atoms. The van der Waals surface area contributed by atoms with Gasteiger partial charge in [-0.15, -0.1) is 6.42 Å². The van der Waals surface area contributed by atoms with Crippen molar-refractivity contribution in [1.29, 1.82) is 0 Å². The summed E-state index contributed by atoms with van der Waals surface area (Å²) in [6.45, 7) is 6.15. The van der Waals surface area contributed by atoms with Crippen molar-refractivity contribution < 1.29 is 14.6 Å². The van der Waals surface area contributed by atoms with Gasteiger partial charge in [-0.3, -0.25) is 4.90 Å². The van der Waals surface area contributed by atoms with Crippen LogP contribution in [0.4, 0.5) is 0 Å². The minimum Gasteiger partial charge on any atom is -0.497 e. The molecule has 4 heteroatoms. The summed E-state index contributed by atoms with van der Waals surface area (Å²) in [6.07, 6.45) is 5.62. The van der Waals surface area contributed by atoms with Crippen LogP contribution in [0.5, 0.6) is 5.75 Å². The van der Waals surface area contributed by atoms with Crippen LogP contribution in [0.25, 0.3) is 0 Å². The number of rotatable bonds is 10. The molecule has 0 unspecified atom stereocenters. The van der Waals surface area contributed by atoms with E-state index < -0.39 is 6.10 Å². The van der Waals surface area contributed by atoms with Gasteiger partial charge in [-0.05, 0) is 31.0 Å². The summed E-state index contributed by atoms with van der Waals surface area (Å²) in [5.74, 6) is 3.25. The first-order valence-electron chi connectivity index (χ1n) is 7.66. The number of aliphatic hydroxyl groups excluding tert-OH is 1. The largest absolute Gasteiger partial charge is 0.497 e. The molecular formula is C18H27NO3. The second-order valence-electron chi connectivity index (χ2n) is 5.41. The van der Waals surface area contributed by atoms with Gasteiger partial charge in [0.15, 0.2) is 0 Å². The zero-order valence-electron chi connectivity index (χ0n) is 13.8. The fraction of sp³-hybridized carbons (Fsp3) is 0.556. The van der Waals surface area contributed by atoms with Gasteiger partial charge in [0, 0.05) is 19.1 Å². The highest BCUT2D eigenvalue weighted by atomic mass is 16.5. The van der Waals surface area contributed by atoms with Gasteiger partial charge in [0.25, 0.3) is 0 Å². The fourth-order valence-corrected chi connectivity index (χ4v) is 2.20. The molecule has 0 radical (unpaired) electrons. The van der Waals surface area contributed by atoms with Crippen LogP contribution in [0.3, 0.4) is 0 Å². The van der Waals surface area contributed by atoms with Crippen molar-refractivity contribution in [2.45, 2.75) is 39.0 Å². The van der Waals surface area contributed by atoms with Gasteiger partial charge in [-0.2, -0.15) is 0 Å². The molecule has 0 aromatic heterocycles. The lowest BCUT2D eigenvalue weighted by Gasteiger charge is -2.30. The van der Waals surface area contributed by atoms with E-state index in [0.29, 0.717) is 12.6 Å². The van der Waals surface area contributed by atoms with Gasteiger partial charge in [0.05, 0.1) is 19.8 Å². The quantitative estimate of drug-likeness (QED) is 0.532. The zero-order valence-corrected chi connectivity index (χ0v) is 13.8. The van der Waals surface area contributed by atoms with Crippen LogP contribution in [0.1, 0.15) is 25.8 Å². The van der Waals surface area contributed by atoms with Gasteiger partial charge in [-0.1, -0.05) is 25.0 Å². The van der Waals surface area contributed by atoms with Gasteiger partial charge >= 0.3 is 0 Å². The number of nitrogens with zero attached hydrogens (tertiary/aromatic N) is 1. The van der Waals surface area contributed by atoms with E-state index in [4.69, 9.17) is 15.9 Å². The standard InChI is InChI=1S/C18H27NO3/c1-5-11-22-14-17(20)13-19(15(3)6-2)12-16-7-9-18(21-4)10-8-16/h1,7-10,15,17,20H,6,11-14H2,2-4H3/t15-,17+/m0/s1. The number of aliphatic hydroxyl groups is 1. The third-order valence-corrected chi connectivity index (χ3v) is 3.70. The molecule has 0 saturated carbocycles. The van der Waals surface area contributed by atoms with E-state index >= 15 is 0 Å². The highest BCUT2D eigenvalue weighted by Crippen LogP contribution is 2.15. The first-order valence-corrected chi connectivity index (χ1v) is 7.66. The van der Waals surface area contributed by atoms with E-state index in [9.17, 15) is 5.11 Å². The Kier molecular flexibility index (Phi) is 8.61. The summed E-state index contributed by atoms with van der Waals surface area (Å²) >= 11 is 0. The molecule has 0 aliphatic carbocycles. The number of methoxy groups -OCH3 is 1. The molecule has 1 rings (SSSR count). The fourth-order valence-electron chi connectivity index (χ4n) is 2.20. The van der Waals surface area contributed by atoms with Crippen LogP contribution >= 0.6 is 0 Å². The summed E-state index contributed by atoms with van der Waals surface area (Å²) in [5, 5.41) is 10.1. The first-order chi connectivity index (χ1) is 10.6. The van der Waals surface area contributed by atoms with E-state index in [1.807, 2.05) is 12.1 Å². The normalized spacial score (nSPS) is 13.6. The van der Waals surface area contributed by atoms with Gasteiger partial charge in [0.1, 0.15) is 12.4 Å². The topological polar surface area (TPSA) is 41.9 Å². The molecule has 0 aliphatic heterocycles. The summed E-state index contributed by atoms with van der Waals surface area (Å²) < 4.78 is 10.4.